The van der Waals surface area contributed by atoms with Crippen molar-refractivity contribution in [1.29, 1.82) is 0 Å². The number of aromatic nitrogens is 1. The molecule has 1 amide bonds. The molecule has 0 bridgehead atoms. The third-order valence-corrected chi connectivity index (χ3v) is 6.47. The number of hydrogen-bond acceptors (Lipinski definition) is 5. The molecule has 1 aliphatic carbocycles. The maximum Gasteiger partial charge on any atom is 0.295 e. The van der Waals surface area contributed by atoms with Gasteiger partial charge in [0.1, 0.15) is 11.5 Å². The third-order valence-electron chi connectivity index (χ3n) is 6.47. The van der Waals surface area contributed by atoms with E-state index >= 15 is 0 Å². The van der Waals surface area contributed by atoms with Crippen molar-refractivity contribution in [3.63, 3.8) is 0 Å². The first-order valence-electron chi connectivity index (χ1n) is 10.8. The SMILES string of the molecule is COc1cc(C)c(/C(O)=C2\C(=O)C(=O)N(C3CCCCC3)C2c2ccncc2)cc1C. The van der Waals surface area contributed by atoms with Gasteiger partial charge in [-0.2, -0.15) is 0 Å². The zero-order valence-corrected chi connectivity index (χ0v) is 18.2. The number of pyridine rings is 1. The van der Waals surface area contributed by atoms with Gasteiger partial charge in [0, 0.05) is 24.0 Å². The van der Waals surface area contributed by atoms with Crippen LogP contribution in [0.2, 0.25) is 0 Å². The molecule has 1 atom stereocenters. The summed E-state index contributed by atoms with van der Waals surface area (Å²) in [4.78, 5) is 32.2. The molecule has 2 aliphatic rings. The molecule has 1 unspecified atom stereocenters. The van der Waals surface area contributed by atoms with E-state index in [9.17, 15) is 14.7 Å². The molecule has 4 rings (SSSR count). The highest BCUT2D eigenvalue weighted by molar-refractivity contribution is 6.46. The fourth-order valence-corrected chi connectivity index (χ4v) is 4.87. The average Bonchev–Trinajstić information content (AvgIpc) is 3.06. The molecule has 0 spiro atoms. The second kappa shape index (κ2) is 8.53. The van der Waals surface area contributed by atoms with Crippen LogP contribution < -0.4 is 4.74 Å². The number of aliphatic hydroxyl groups is 1. The van der Waals surface area contributed by atoms with Crippen LogP contribution in [0, 0.1) is 13.8 Å². The Morgan fingerprint density at radius 3 is 2.39 bits per heavy atom. The van der Waals surface area contributed by atoms with Crippen LogP contribution in [0.4, 0.5) is 0 Å². The Labute approximate surface area is 182 Å². The molecular formula is C25H28N2O4. The van der Waals surface area contributed by atoms with Crippen molar-refractivity contribution >= 4 is 17.4 Å². The van der Waals surface area contributed by atoms with Gasteiger partial charge in [0.05, 0.1) is 18.7 Å². The Morgan fingerprint density at radius 2 is 1.74 bits per heavy atom. The van der Waals surface area contributed by atoms with Gasteiger partial charge in [-0.1, -0.05) is 19.3 Å². The number of aryl methyl sites for hydroxylation is 2. The van der Waals surface area contributed by atoms with Gasteiger partial charge in [0.15, 0.2) is 0 Å². The molecule has 6 nitrogen and oxygen atoms in total. The van der Waals surface area contributed by atoms with Gasteiger partial charge in [-0.05, 0) is 67.6 Å². The van der Waals surface area contributed by atoms with Crippen molar-refractivity contribution in [2.75, 3.05) is 7.11 Å². The Hall–Kier alpha value is -3.15. The van der Waals surface area contributed by atoms with Gasteiger partial charge in [-0.3, -0.25) is 14.6 Å². The molecule has 2 heterocycles. The van der Waals surface area contributed by atoms with E-state index in [0.29, 0.717) is 11.3 Å². The number of ketones is 1. The van der Waals surface area contributed by atoms with E-state index in [-0.39, 0.29) is 17.4 Å². The zero-order chi connectivity index (χ0) is 22.1. The van der Waals surface area contributed by atoms with Crippen molar-refractivity contribution in [2.45, 2.75) is 58.0 Å². The minimum Gasteiger partial charge on any atom is -0.507 e. The Morgan fingerprint density at radius 1 is 1.06 bits per heavy atom. The van der Waals surface area contributed by atoms with Gasteiger partial charge < -0.3 is 14.7 Å². The van der Waals surface area contributed by atoms with Gasteiger partial charge in [-0.15, -0.1) is 0 Å². The number of amides is 1. The van der Waals surface area contributed by atoms with E-state index in [2.05, 4.69) is 4.98 Å². The number of hydrogen-bond donors (Lipinski definition) is 1. The number of rotatable bonds is 4. The van der Waals surface area contributed by atoms with Gasteiger partial charge >= 0.3 is 0 Å². The van der Waals surface area contributed by atoms with Gasteiger partial charge in [0.2, 0.25) is 0 Å². The van der Waals surface area contributed by atoms with Crippen LogP contribution in [-0.2, 0) is 9.59 Å². The first-order valence-corrected chi connectivity index (χ1v) is 10.8. The van der Waals surface area contributed by atoms with E-state index in [4.69, 9.17) is 4.74 Å². The molecule has 1 N–H and O–H groups in total. The first-order chi connectivity index (χ1) is 14.9. The van der Waals surface area contributed by atoms with E-state index in [1.54, 1.807) is 30.5 Å². The Kier molecular flexibility index (Phi) is 5.81. The van der Waals surface area contributed by atoms with Crippen molar-refractivity contribution in [3.8, 4) is 5.75 Å². The Balaban J connectivity index is 1.89. The standard InChI is InChI=1S/C25H28N2O4/c1-15-14-20(31-3)16(2)13-19(15)23(28)21-22(17-9-11-26-12-10-17)27(25(30)24(21)29)18-7-5-4-6-8-18/h9-14,18,22,28H,4-8H2,1-3H3/b23-21+. The number of Topliss-reactive ketones (excluding diaryl/α,β-unsaturated/α-hetero) is 1. The normalized spacial score (nSPS) is 21.5. The summed E-state index contributed by atoms with van der Waals surface area (Å²) in [6.45, 7) is 3.74. The van der Waals surface area contributed by atoms with Crippen LogP contribution in [0.5, 0.6) is 5.75 Å². The van der Waals surface area contributed by atoms with Crippen molar-refractivity contribution < 1.29 is 19.4 Å². The summed E-state index contributed by atoms with van der Waals surface area (Å²) in [5.74, 6) is -0.583. The lowest BCUT2D eigenvalue weighted by Crippen LogP contribution is -2.40. The molecule has 1 saturated carbocycles. The summed E-state index contributed by atoms with van der Waals surface area (Å²) >= 11 is 0. The summed E-state index contributed by atoms with van der Waals surface area (Å²) in [5, 5.41) is 11.3. The minimum atomic E-state index is -0.627. The molecule has 162 valence electrons. The maximum atomic E-state index is 13.2. The lowest BCUT2D eigenvalue weighted by Gasteiger charge is -2.35. The van der Waals surface area contributed by atoms with E-state index in [0.717, 1.165) is 48.8 Å². The largest absolute Gasteiger partial charge is 0.507 e. The highest BCUT2D eigenvalue weighted by atomic mass is 16.5. The predicted molar refractivity (Wildman–Crippen MR) is 118 cm³/mol. The minimum absolute atomic E-state index is 0.00707. The number of ether oxygens (including phenoxy) is 1. The second-order valence-corrected chi connectivity index (χ2v) is 8.42. The number of methoxy groups -OCH3 is 1. The highest BCUT2D eigenvalue weighted by Crippen LogP contribution is 2.43. The summed E-state index contributed by atoms with van der Waals surface area (Å²) in [5.41, 5.74) is 3.09. The average molecular weight is 421 g/mol. The summed E-state index contributed by atoms with van der Waals surface area (Å²) < 4.78 is 5.38. The number of likely N-dealkylation sites (tertiary alicyclic amines) is 1. The van der Waals surface area contributed by atoms with Gasteiger partial charge in [0.25, 0.3) is 11.7 Å². The quantitative estimate of drug-likeness (QED) is 0.449. The molecule has 6 heteroatoms. The van der Waals surface area contributed by atoms with E-state index in [1.165, 1.54) is 0 Å². The Bertz CT molecular complexity index is 1040. The number of benzene rings is 1. The molecule has 1 aromatic heterocycles. The first kappa shape index (κ1) is 21.1. The number of aliphatic hydroxyl groups excluding tert-OH is 1. The highest BCUT2D eigenvalue weighted by Gasteiger charge is 2.48. The number of carbonyl (C=O) groups is 2. The fraction of sp³-hybridized carbons (Fsp3) is 0.400. The molecular weight excluding hydrogens is 392 g/mol. The molecule has 1 aromatic carbocycles. The lowest BCUT2D eigenvalue weighted by atomic mass is 9.90. The zero-order valence-electron chi connectivity index (χ0n) is 18.2. The predicted octanol–water partition coefficient (Wildman–Crippen LogP) is 4.46. The number of carbonyl (C=O) groups excluding carboxylic acids is 2. The van der Waals surface area contributed by atoms with Crippen molar-refractivity contribution in [2.24, 2.45) is 0 Å². The van der Waals surface area contributed by atoms with E-state index in [1.807, 2.05) is 32.0 Å². The molecule has 2 fully saturated rings. The van der Waals surface area contributed by atoms with Crippen LogP contribution in [0.15, 0.2) is 42.2 Å². The van der Waals surface area contributed by atoms with E-state index < -0.39 is 17.7 Å². The van der Waals surface area contributed by atoms with Crippen molar-refractivity contribution in [1.82, 2.24) is 9.88 Å². The van der Waals surface area contributed by atoms with Crippen LogP contribution in [-0.4, -0.2) is 39.8 Å². The summed E-state index contributed by atoms with van der Waals surface area (Å²) in [6.07, 6.45) is 8.26. The maximum absolute atomic E-state index is 13.2. The molecule has 1 saturated heterocycles. The molecule has 2 aromatic rings. The topological polar surface area (TPSA) is 79.7 Å². The summed E-state index contributed by atoms with van der Waals surface area (Å²) in [7, 11) is 1.60. The van der Waals surface area contributed by atoms with Crippen molar-refractivity contribution in [3.05, 3.63) is 64.5 Å². The van der Waals surface area contributed by atoms with Crippen LogP contribution >= 0.6 is 0 Å². The van der Waals surface area contributed by atoms with Crippen LogP contribution in [0.1, 0.15) is 60.4 Å². The number of nitrogens with zero attached hydrogens (tertiary/aromatic N) is 2. The third kappa shape index (κ3) is 3.71. The van der Waals surface area contributed by atoms with Crippen LogP contribution in [0.25, 0.3) is 5.76 Å². The smallest absolute Gasteiger partial charge is 0.295 e. The fourth-order valence-electron chi connectivity index (χ4n) is 4.87. The second-order valence-electron chi connectivity index (χ2n) is 8.42. The van der Waals surface area contributed by atoms with Gasteiger partial charge in [-0.25, -0.2) is 0 Å². The van der Waals surface area contributed by atoms with Crippen LogP contribution in [0.3, 0.4) is 0 Å². The molecule has 1 aliphatic heterocycles. The summed E-state index contributed by atoms with van der Waals surface area (Å²) in [6, 6.07) is 6.64. The molecule has 0 radical (unpaired) electrons. The lowest BCUT2D eigenvalue weighted by molar-refractivity contribution is -0.141. The molecule has 31 heavy (non-hydrogen) atoms. The monoisotopic (exact) mass is 420 g/mol.